The van der Waals surface area contributed by atoms with Gasteiger partial charge in [0.1, 0.15) is 0 Å². The summed E-state index contributed by atoms with van der Waals surface area (Å²) in [5, 5.41) is 3.44. The van der Waals surface area contributed by atoms with Gasteiger partial charge in [-0.15, -0.1) is 12.3 Å². The van der Waals surface area contributed by atoms with E-state index in [1.807, 2.05) is 49.4 Å². The first-order chi connectivity index (χ1) is 30.5. The Labute approximate surface area is 365 Å². The molecule has 300 valence electrons. The molecule has 0 saturated carbocycles. The molecule has 9 rings (SSSR count). The highest BCUT2D eigenvalue weighted by atomic mass is 15.0. The summed E-state index contributed by atoms with van der Waals surface area (Å²) in [6.07, 6.45) is 19.2. The van der Waals surface area contributed by atoms with Crippen molar-refractivity contribution in [2.24, 2.45) is 0 Å². The molecule has 0 atom stereocenters. The number of hydrogen-bond acceptors (Lipinski definition) is 2. The van der Waals surface area contributed by atoms with E-state index in [0.29, 0.717) is 12.2 Å². The maximum absolute atomic E-state index is 5.73. The van der Waals surface area contributed by atoms with Gasteiger partial charge in [-0.05, 0) is 90.0 Å². The van der Waals surface area contributed by atoms with Crippen molar-refractivity contribution in [3.05, 3.63) is 235 Å². The minimum Gasteiger partial charge on any atom is -0.337 e. The molecule has 2 aromatic heterocycles. The highest BCUT2D eigenvalue weighted by Gasteiger charge is 2.16. The van der Waals surface area contributed by atoms with Gasteiger partial charge in [-0.1, -0.05) is 182 Å². The monoisotopic (exact) mass is 799 g/mol. The van der Waals surface area contributed by atoms with Gasteiger partial charge in [0.25, 0.3) is 0 Å². The molecule has 0 N–H and O–H groups in total. The Morgan fingerprint density at radius 3 is 1.77 bits per heavy atom. The number of aryl methyl sites for hydroxylation is 1. The second kappa shape index (κ2) is 19.5. The highest BCUT2D eigenvalue weighted by Crippen LogP contribution is 2.37. The molecule has 2 heterocycles. The molecule has 0 saturated heterocycles. The van der Waals surface area contributed by atoms with Crippen molar-refractivity contribution in [3.8, 4) is 45.9 Å². The Hall–Kier alpha value is -7.80. The first kappa shape index (κ1) is 41.0. The summed E-state index contributed by atoms with van der Waals surface area (Å²) in [5.41, 5.74) is 14.6. The van der Waals surface area contributed by atoms with Crippen LogP contribution >= 0.6 is 0 Å². The average molecular weight is 800 g/mol. The third kappa shape index (κ3) is 9.32. The third-order valence-electron chi connectivity index (χ3n) is 11.0. The van der Waals surface area contributed by atoms with Gasteiger partial charge in [-0.2, -0.15) is 0 Å². The summed E-state index contributed by atoms with van der Waals surface area (Å²) in [7, 11) is 0. The van der Waals surface area contributed by atoms with E-state index in [2.05, 4.69) is 182 Å². The van der Waals surface area contributed by atoms with Crippen molar-refractivity contribution in [1.29, 1.82) is 0 Å². The van der Waals surface area contributed by atoms with Crippen LogP contribution < -0.4 is 0 Å². The fraction of sp³-hybridized carbons (Fsp3) is 0.0847. The van der Waals surface area contributed by atoms with Crippen molar-refractivity contribution >= 4 is 38.3 Å². The Bertz CT molecular complexity index is 3110. The predicted octanol–water partition coefficient (Wildman–Crippen LogP) is 15.0. The number of rotatable bonds is 11. The number of nitrogens with zero attached hydrogens (tertiary/aromatic N) is 3. The third-order valence-corrected chi connectivity index (χ3v) is 11.0. The van der Waals surface area contributed by atoms with E-state index in [0.717, 1.165) is 51.8 Å². The normalized spacial score (nSPS) is 11.6. The fourth-order valence-electron chi connectivity index (χ4n) is 7.93. The maximum atomic E-state index is 5.73. The summed E-state index contributed by atoms with van der Waals surface area (Å²) in [6, 6.07) is 60.4. The SMILES string of the molecule is C#CC/C(=C\C=C)c1nc(-c2ccccc2)c2cc(-c3ccc4c(c3)c3cc(-c5ccc(Cc6ccccc6)cc5)ccc3n4C/C=C\C=C/C)ccc2n1.Cc1ccccc1. The minimum absolute atomic E-state index is 0.420. The molecule has 0 aliphatic rings. The molecule has 0 bridgehead atoms. The van der Waals surface area contributed by atoms with Crippen LogP contribution in [-0.4, -0.2) is 14.5 Å². The molecule has 0 spiro atoms. The van der Waals surface area contributed by atoms with Crippen LogP contribution in [0.3, 0.4) is 0 Å². The first-order valence-electron chi connectivity index (χ1n) is 21.1. The smallest absolute Gasteiger partial charge is 0.157 e. The summed E-state index contributed by atoms with van der Waals surface area (Å²) in [6.45, 7) is 8.79. The quantitative estimate of drug-likeness (QED) is 0.0964. The second-order valence-corrected chi connectivity index (χ2v) is 15.3. The van der Waals surface area contributed by atoms with E-state index >= 15 is 0 Å². The van der Waals surface area contributed by atoms with Gasteiger partial charge in [-0.3, -0.25) is 0 Å². The Morgan fingerprint density at radius 1 is 0.613 bits per heavy atom. The molecule has 7 aromatic carbocycles. The number of terminal acetylenes is 1. The van der Waals surface area contributed by atoms with Gasteiger partial charge in [0.05, 0.1) is 11.2 Å². The average Bonchev–Trinajstić information content (AvgIpc) is 3.63. The molecule has 0 unspecified atom stereocenters. The molecule has 3 nitrogen and oxygen atoms in total. The molecule has 0 radical (unpaired) electrons. The molecule has 0 fully saturated rings. The summed E-state index contributed by atoms with van der Waals surface area (Å²) in [4.78, 5) is 10.1. The van der Waals surface area contributed by atoms with Gasteiger partial charge in [0, 0.05) is 51.3 Å². The number of allylic oxidation sites excluding steroid dienone is 7. The Balaban J connectivity index is 0.000000689. The van der Waals surface area contributed by atoms with Crippen LogP contribution in [0.25, 0.3) is 71.8 Å². The second-order valence-electron chi connectivity index (χ2n) is 15.3. The van der Waals surface area contributed by atoms with E-state index in [9.17, 15) is 0 Å². The van der Waals surface area contributed by atoms with E-state index in [4.69, 9.17) is 16.4 Å². The van der Waals surface area contributed by atoms with Crippen LogP contribution in [0.15, 0.2) is 213 Å². The molecule has 0 aliphatic heterocycles. The van der Waals surface area contributed by atoms with E-state index in [1.54, 1.807) is 6.08 Å². The van der Waals surface area contributed by atoms with Gasteiger partial charge in [0.2, 0.25) is 0 Å². The van der Waals surface area contributed by atoms with Crippen LogP contribution in [0.4, 0.5) is 0 Å². The number of benzene rings is 7. The van der Waals surface area contributed by atoms with Gasteiger partial charge in [-0.25, -0.2) is 9.97 Å². The zero-order valence-electron chi connectivity index (χ0n) is 35.4. The van der Waals surface area contributed by atoms with Crippen LogP contribution in [0.2, 0.25) is 0 Å². The van der Waals surface area contributed by atoms with Crippen LogP contribution in [0, 0.1) is 19.3 Å². The number of aromatic nitrogens is 3. The van der Waals surface area contributed by atoms with Crippen molar-refractivity contribution < 1.29 is 0 Å². The van der Waals surface area contributed by atoms with Crippen LogP contribution in [0.1, 0.15) is 35.9 Å². The molecular weight excluding hydrogens is 751 g/mol. The molecule has 3 heteroatoms. The minimum atomic E-state index is 0.420. The van der Waals surface area contributed by atoms with Crippen molar-refractivity contribution in [2.45, 2.75) is 33.2 Å². The topological polar surface area (TPSA) is 30.7 Å². The molecule has 62 heavy (non-hydrogen) atoms. The largest absolute Gasteiger partial charge is 0.337 e. The molecule has 0 aliphatic carbocycles. The Kier molecular flexibility index (Phi) is 12.9. The predicted molar refractivity (Wildman–Crippen MR) is 265 cm³/mol. The maximum Gasteiger partial charge on any atom is 0.157 e. The lowest BCUT2D eigenvalue weighted by Gasteiger charge is -2.12. The van der Waals surface area contributed by atoms with Crippen LogP contribution in [-0.2, 0) is 13.0 Å². The Morgan fingerprint density at radius 2 is 1.18 bits per heavy atom. The van der Waals surface area contributed by atoms with E-state index in [1.165, 1.54) is 49.6 Å². The summed E-state index contributed by atoms with van der Waals surface area (Å²) >= 11 is 0. The lowest BCUT2D eigenvalue weighted by Crippen LogP contribution is -1.99. The first-order valence-corrected chi connectivity index (χ1v) is 21.1. The standard InChI is InChI=1S/C52H41N3.C7H8/c1-4-7-8-15-32-55-49-30-27-42(39-24-22-38(23-25-39)33-37-18-11-9-12-19-37)34-45(49)46-35-44(28-31-50(46)55)43-26-29-48-47(36-43)51(40-20-13-10-14-21-40)54-52(53-48)41(16-5-2)17-6-3;1-7-5-3-2-4-6-7/h2,4,6-15,17-31,34-36H,3,16,32-33H2,1H3;2-6H,1H3/b7-4-,15-8-,41-17+;. The van der Waals surface area contributed by atoms with E-state index < -0.39 is 0 Å². The zero-order chi connectivity index (χ0) is 42.7. The van der Waals surface area contributed by atoms with Gasteiger partial charge >= 0.3 is 0 Å². The lowest BCUT2D eigenvalue weighted by molar-refractivity contribution is 0.899. The van der Waals surface area contributed by atoms with Crippen molar-refractivity contribution in [2.75, 3.05) is 0 Å². The van der Waals surface area contributed by atoms with Crippen molar-refractivity contribution in [1.82, 2.24) is 14.5 Å². The van der Waals surface area contributed by atoms with Crippen molar-refractivity contribution in [3.63, 3.8) is 0 Å². The van der Waals surface area contributed by atoms with E-state index in [-0.39, 0.29) is 0 Å². The molecule has 9 aromatic rings. The highest BCUT2D eigenvalue weighted by molar-refractivity contribution is 6.11. The number of hydrogen-bond donors (Lipinski definition) is 0. The lowest BCUT2D eigenvalue weighted by atomic mass is 9.97. The molecule has 0 amide bonds. The zero-order valence-corrected chi connectivity index (χ0v) is 35.4. The van der Waals surface area contributed by atoms with Gasteiger partial charge in [0.15, 0.2) is 5.82 Å². The number of fused-ring (bicyclic) bond motifs is 4. The van der Waals surface area contributed by atoms with Gasteiger partial charge < -0.3 is 4.57 Å². The molecular formula is C59H49N3. The summed E-state index contributed by atoms with van der Waals surface area (Å²) < 4.78 is 2.41. The van der Waals surface area contributed by atoms with Crippen LogP contribution in [0.5, 0.6) is 0 Å². The summed E-state index contributed by atoms with van der Waals surface area (Å²) in [5.74, 6) is 3.37. The fourth-order valence-corrected chi connectivity index (χ4v) is 7.93.